The molecule has 0 aliphatic rings. The van der Waals surface area contributed by atoms with Crippen molar-refractivity contribution in [2.24, 2.45) is 0 Å². The quantitative estimate of drug-likeness (QED) is 0.615. The van der Waals surface area contributed by atoms with Crippen molar-refractivity contribution in [3.05, 3.63) is 65.0 Å². The number of ketones is 1. The SMILES string of the molecule is Cc1ccc(F)c(C(=O)CSc2ccc(F)cc2)c1F. The number of carbonyl (C=O) groups excluding carboxylic acids is 1. The van der Waals surface area contributed by atoms with Crippen LogP contribution < -0.4 is 0 Å². The number of thioether (sulfide) groups is 1. The first kappa shape index (κ1) is 14.7. The first-order chi connectivity index (χ1) is 9.49. The lowest BCUT2D eigenvalue weighted by atomic mass is 10.1. The first-order valence-electron chi connectivity index (χ1n) is 5.85. The van der Waals surface area contributed by atoms with E-state index in [1.54, 1.807) is 0 Å². The Balaban J connectivity index is 2.13. The maximum atomic E-state index is 13.8. The van der Waals surface area contributed by atoms with Gasteiger partial charge in [0, 0.05) is 4.90 Å². The minimum absolute atomic E-state index is 0.108. The number of Topliss-reactive ketones (excluding diaryl/α,β-unsaturated/α-hetero) is 1. The molecule has 0 heterocycles. The molecule has 0 saturated carbocycles. The van der Waals surface area contributed by atoms with Gasteiger partial charge >= 0.3 is 0 Å². The molecule has 0 amide bonds. The largest absolute Gasteiger partial charge is 0.293 e. The van der Waals surface area contributed by atoms with Crippen molar-refractivity contribution in [1.82, 2.24) is 0 Å². The number of hydrogen-bond acceptors (Lipinski definition) is 2. The van der Waals surface area contributed by atoms with Gasteiger partial charge < -0.3 is 0 Å². The fraction of sp³-hybridized carbons (Fsp3) is 0.133. The monoisotopic (exact) mass is 296 g/mol. The van der Waals surface area contributed by atoms with Crippen LogP contribution in [0.4, 0.5) is 13.2 Å². The number of hydrogen-bond donors (Lipinski definition) is 0. The molecule has 0 bridgehead atoms. The highest BCUT2D eigenvalue weighted by Crippen LogP contribution is 2.22. The summed E-state index contributed by atoms with van der Waals surface area (Å²) < 4.78 is 40.0. The second-order valence-electron chi connectivity index (χ2n) is 4.22. The molecule has 0 saturated heterocycles. The van der Waals surface area contributed by atoms with Crippen LogP contribution in [0.2, 0.25) is 0 Å². The van der Waals surface area contributed by atoms with Gasteiger partial charge in [0.05, 0.1) is 11.3 Å². The Morgan fingerprint density at radius 1 is 1.05 bits per heavy atom. The molecule has 0 N–H and O–H groups in total. The van der Waals surface area contributed by atoms with Crippen LogP contribution in [0.1, 0.15) is 15.9 Å². The van der Waals surface area contributed by atoms with Crippen molar-refractivity contribution >= 4 is 17.5 Å². The van der Waals surface area contributed by atoms with E-state index < -0.39 is 23.0 Å². The van der Waals surface area contributed by atoms with E-state index in [1.165, 1.54) is 37.3 Å². The normalized spacial score (nSPS) is 10.6. The van der Waals surface area contributed by atoms with Crippen LogP contribution in [0, 0.1) is 24.4 Å². The average molecular weight is 296 g/mol. The molecule has 0 fully saturated rings. The third-order valence-corrected chi connectivity index (χ3v) is 3.76. The number of benzene rings is 2. The Hall–Kier alpha value is -1.75. The number of aryl methyl sites for hydroxylation is 1. The van der Waals surface area contributed by atoms with E-state index in [-0.39, 0.29) is 17.1 Å². The van der Waals surface area contributed by atoms with Crippen LogP contribution in [0.5, 0.6) is 0 Å². The molecule has 2 aromatic carbocycles. The van der Waals surface area contributed by atoms with Gasteiger partial charge in [0.1, 0.15) is 17.5 Å². The van der Waals surface area contributed by atoms with E-state index in [9.17, 15) is 18.0 Å². The highest BCUT2D eigenvalue weighted by Gasteiger charge is 2.19. The van der Waals surface area contributed by atoms with Crippen LogP contribution in [0.25, 0.3) is 0 Å². The van der Waals surface area contributed by atoms with Crippen molar-refractivity contribution in [2.45, 2.75) is 11.8 Å². The summed E-state index contributed by atoms with van der Waals surface area (Å²) in [7, 11) is 0. The van der Waals surface area contributed by atoms with E-state index in [0.29, 0.717) is 4.90 Å². The zero-order valence-corrected chi connectivity index (χ0v) is 11.4. The van der Waals surface area contributed by atoms with Gasteiger partial charge in [-0.3, -0.25) is 4.79 Å². The van der Waals surface area contributed by atoms with Gasteiger partial charge in [0.2, 0.25) is 0 Å². The molecule has 0 aliphatic carbocycles. The summed E-state index contributed by atoms with van der Waals surface area (Å²) in [5.74, 6) is -2.80. The van der Waals surface area contributed by atoms with Gasteiger partial charge in [-0.05, 0) is 42.8 Å². The minimum Gasteiger partial charge on any atom is -0.293 e. The van der Waals surface area contributed by atoms with Crippen molar-refractivity contribution in [2.75, 3.05) is 5.75 Å². The lowest BCUT2D eigenvalue weighted by Gasteiger charge is -2.06. The van der Waals surface area contributed by atoms with E-state index >= 15 is 0 Å². The van der Waals surface area contributed by atoms with Gasteiger partial charge in [-0.15, -0.1) is 11.8 Å². The predicted octanol–water partition coefficient (Wildman–Crippen LogP) is 4.39. The Morgan fingerprint density at radius 2 is 1.70 bits per heavy atom. The number of halogens is 3. The molecular formula is C15H11F3OS. The topological polar surface area (TPSA) is 17.1 Å². The Morgan fingerprint density at radius 3 is 2.35 bits per heavy atom. The molecule has 0 unspecified atom stereocenters. The molecule has 1 nitrogen and oxygen atoms in total. The molecule has 104 valence electrons. The van der Waals surface area contributed by atoms with E-state index in [1.807, 2.05) is 0 Å². The fourth-order valence-corrected chi connectivity index (χ4v) is 2.43. The molecule has 0 spiro atoms. The maximum absolute atomic E-state index is 13.8. The van der Waals surface area contributed by atoms with E-state index in [4.69, 9.17) is 0 Å². The second-order valence-corrected chi connectivity index (χ2v) is 5.27. The van der Waals surface area contributed by atoms with Crippen molar-refractivity contribution in [3.8, 4) is 0 Å². The average Bonchev–Trinajstić information content (AvgIpc) is 2.43. The summed E-state index contributed by atoms with van der Waals surface area (Å²) in [4.78, 5) is 12.6. The highest BCUT2D eigenvalue weighted by molar-refractivity contribution is 8.00. The zero-order valence-electron chi connectivity index (χ0n) is 10.6. The van der Waals surface area contributed by atoms with Crippen LogP contribution in [0.3, 0.4) is 0 Å². The van der Waals surface area contributed by atoms with E-state index in [0.717, 1.165) is 17.8 Å². The van der Waals surface area contributed by atoms with Gasteiger partial charge in [-0.25, -0.2) is 13.2 Å². The Labute approximate surface area is 118 Å². The van der Waals surface area contributed by atoms with Crippen LogP contribution in [0.15, 0.2) is 41.3 Å². The van der Waals surface area contributed by atoms with Gasteiger partial charge in [-0.2, -0.15) is 0 Å². The molecule has 20 heavy (non-hydrogen) atoms. The van der Waals surface area contributed by atoms with Crippen LogP contribution in [-0.2, 0) is 0 Å². The number of carbonyl (C=O) groups is 1. The summed E-state index contributed by atoms with van der Waals surface area (Å²) in [6, 6.07) is 7.91. The van der Waals surface area contributed by atoms with Crippen molar-refractivity contribution < 1.29 is 18.0 Å². The zero-order chi connectivity index (χ0) is 14.7. The molecular weight excluding hydrogens is 285 g/mol. The Bertz CT molecular complexity index is 638. The summed E-state index contributed by atoms with van der Waals surface area (Å²) in [6.45, 7) is 1.47. The second kappa shape index (κ2) is 6.13. The predicted molar refractivity (Wildman–Crippen MR) is 72.5 cm³/mol. The van der Waals surface area contributed by atoms with Crippen LogP contribution >= 0.6 is 11.8 Å². The van der Waals surface area contributed by atoms with Gasteiger partial charge in [0.25, 0.3) is 0 Å². The Kier molecular flexibility index (Phi) is 4.49. The van der Waals surface area contributed by atoms with Crippen molar-refractivity contribution in [1.29, 1.82) is 0 Å². The molecule has 2 aromatic rings. The molecule has 2 rings (SSSR count). The summed E-state index contributed by atoms with van der Waals surface area (Å²) in [6.07, 6.45) is 0. The summed E-state index contributed by atoms with van der Waals surface area (Å²) in [5, 5.41) is 0. The summed E-state index contributed by atoms with van der Waals surface area (Å²) in [5.41, 5.74) is -0.291. The third-order valence-electron chi connectivity index (χ3n) is 2.75. The molecule has 0 radical (unpaired) electrons. The molecule has 5 heteroatoms. The minimum atomic E-state index is -0.863. The standard InChI is InChI=1S/C15H11F3OS/c1-9-2-7-12(17)14(15(9)18)13(19)8-20-11-5-3-10(16)4-6-11/h2-7H,8H2,1H3. The third kappa shape index (κ3) is 3.22. The van der Waals surface area contributed by atoms with Gasteiger partial charge in [-0.1, -0.05) is 6.07 Å². The lowest BCUT2D eigenvalue weighted by molar-refractivity contribution is 0.101. The van der Waals surface area contributed by atoms with E-state index in [2.05, 4.69) is 0 Å². The fourth-order valence-electron chi connectivity index (χ4n) is 1.66. The van der Waals surface area contributed by atoms with Crippen molar-refractivity contribution in [3.63, 3.8) is 0 Å². The molecule has 0 aromatic heterocycles. The maximum Gasteiger partial charge on any atom is 0.178 e. The smallest absolute Gasteiger partial charge is 0.178 e. The molecule has 0 aliphatic heterocycles. The first-order valence-corrected chi connectivity index (χ1v) is 6.84. The van der Waals surface area contributed by atoms with Crippen LogP contribution in [-0.4, -0.2) is 11.5 Å². The molecule has 0 atom stereocenters. The van der Waals surface area contributed by atoms with Gasteiger partial charge in [0.15, 0.2) is 5.78 Å². The number of rotatable bonds is 4. The lowest BCUT2D eigenvalue weighted by Crippen LogP contribution is -2.09. The summed E-state index contributed by atoms with van der Waals surface area (Å²) >= 11 is 1.11. The highest BCUT2D eigenvalue weighted by atomic mass is 32.2.